The lowest BCUT2D eigenvalue weighted by Crippen LogP contribution is -2.21. The van der Waals surface area contributed by atoms with Crippen molar-refractivity contribution in [2.24, 2.45) is 0 Å². The summed E-state index contributed by atoms with van der Waals surface area (Å²) in [6.45, 7) is 14.8. The standard InChI is InChI=1S/C21H30NOP/c1-7-22-13-16-10-8-9-14(2)20(16)24-18-12-17(21(4,5)6)11-15(3)19(18)23/h8-12,22-24H,7,13H2,1-6H3. The van der Waals surface area contributed by atoms with Crippen LogP contribution in [0.1, 0.15) is 49.9 Å². The fourth-order valence-electron chi connectivity index (χ4n) is 2.76. The smallest absolute Gasteiger partial charge is 0.126 e. The van der Waals surface area contributed by atoms with Gasteiger partial charge in [-0.2, -0.15) is 0 Å². The Hall–Kier alpha value is -1.37. The molecule has 0 aliphatic carbocycles. The molecule has 0 spiro atoms. The zero-order valence-corrected chi connectivity index (χ0v) is 16.7. The van der Waals surface area contributed by atoms with E-state index in [-0.39, 0.29) is 5.41 Å². The Balaban J connectivity index is 2.46. The molecule has 2 N–H and O–H groups in total. The third kappa shape index (κ3) is 4.37. The van der Waals surface area contributed by atoms with Crippen molar-refractivity contribution in [1.29, 1.82) is 0 Å². The van der Waals surface area contributed by atoms with Crippen LogP contribution in [0.2, 0.25) is 0 Å². The maximum absolute atomic E-state index is 10.6. The molecular weight excluding hydrogens is 313 g/mol. The summed E-state index contributed by atoms with van der Waals surface area (Å²) < 4.78 is 0. The lowest BCUT2D eigenvalue weighted by molar-refractivity contribution is 0.474. The van der Waals surface area contributed by atoms with E-state index in [1.54, 1.807) is 0 Å². The molecule has 0 radical (unpaired) electrons. The van der Waals surface area contributed by atoms with Crippen LogP contribution in [0.25, 0.3) is 0 Å². The first-order valence-corrected chi connectivity index (χ1v) is 9.64. The second kappa shape index (κ2) is 7.68. The summed E-state index contributed by atoms with van der Waals surface area (Å²) in [7, 11) is 0.466. The lowest BCUT2D eigenvalue weighted by atomic mass is 9.86. The molecule has 0 saturated carbocycles. The largest absolute Gasteiger partial charge is 0.507 e. The van der Waals surface area contributed by atoms with Crippen LogP contribution in [0, 0.1) is 13.8 Å². The van der Waals surface area contributed by atoms with Crippen LogP contribution >= 0.6 is 8.58 Å². The first-order chi connectivity index (χ1) is 11.2. The zero-order chi connectivity index (χ0) is 17.9. The van der Waals surface area contributed by atoms with Gasteiger partial charge in [0.2, 0.25) is 0 Å². The predicted octanol–water partition coefficient (Wildman–Crippen LogP) is 4.05. The van der Waals surface area contributed by atoms with Crippen LogP contribution in [-0.2, 0) is 12.0 Å². The molecule has 0 fully saturated rings. The molecule has 2 nitrogen and oxygen atoms in total. The second-order valence-corrected chi connectivity index (χ2v) is 8.74. The van der Waals surface area contributed by atoms with Crippen molar-refractivity contribution >= 4 is 19.2 Å². The van der Waals surface area contributed by atoms with Crippen LogP contribution in [0.3, 0.4) is 0 Å². The van der Waals surface area contributed by atoms with Crippen molar-refractivity contribution in [2.75, 3.05) is 6.54 Å². The van der Waals surface area contributed by atoms with Gasteiger partial charge in [-0.3, -0.25) is 0 Å². The molecule has 1 atom stereocenters. The number of phenols is 1. The summed E-state index contributed by atoms with van der Waals surface area (Å²) in [5.74, 6) is 0.444. The number of phenolic OH excluding ortho intramolecular Hbond substituents is 1. The highest BCUT2D eigenvalue weighted by Gasteiger charge is 2.18. The highest BCUT2D eigenvalue weighted by atomic mass is 31.1. The molecule has 0 saturated heterocycles. The number of hydrogen-bond donors (Lipinski definition) is 2. The van der Waals surface area contributed by atoms with Gasteiger partial charge in [0, 0.05) is 11.8 Å². The maximum Gasteiger partial charge on any atom is 0.126 e. The van der Waals surface area contributed by atoms with Gasteiger partial charge >= 0.3 is 0 Å². The Morgan fingerprint density at radius 3 is 2.42 bits per heavy atom. The van der Waals surface area contributed by atoms with Gasteiger partial charge in [0.1, 0.15) is 5.75 Å². The fraction of sp³-hybridized carbons (Fsp3) is 0.429. The average Bonchev–Trinajstić information content (AvgIpc) is 2.50. The summed E-state index contributed by atoms with van der Waals surface area (Å²) in [5.41, 5.74) is 4.94. The van der Waals surface area contributed by atoms with E-state index in [2.05, 4.69) is 70.3 Å². The third-order valence-electron chi connectivity index (χ3n) is 4.35. The Morgan fingerprint density at radius 1 is 1.08 bits per heavy atom. The van der Waals surface area contributed by atoms with E-state index >= 15 is 0 Å². The summed E-state index contributed by atoms with van der Waals surface area (Å²) in [4.78, 5) is 0. The van der Waals surface area contributed by atoms with Crippen LogP contribution in [0.15, 0.2) is 30.3 Å². The quantitative estimate of drug-likeness (QED) is 0.803. The monoisotopic (exact) mass is 343 g/mol. The molecule has 3 heteroatoms. The van der Waals surface area contributed by atoms with Crippen molar-refractivity contribution in [3.05, 3.63) is 52.6 Å². The zero-order valence-electron chi connectivity index (χ0n) is 15.7. The minimum Gasteiger partial charge on any atom is -0.507 e. The van der Waals surface area contributed by atoms with E-state index in [4.69, 9.17) is 0 Å². The van der Waals surface area contributed by atoms with E-state index < -0.39 is 0 Å². The molecule has 0 aromatic heterocycles. The van der Waals surface area contributed by atoms with Crippen LogP contribution < -0.4 is 15.9 Å². The van der Waals surface area contributed by atoms with E-state index in [0.29, 0.717) is 14.3 Å². The first-order valence-electron chi connectivity index (χ1n) is 8.64. The molecule has 0 aliphatic heterocycles. The number of aromatic hydroxyl groups is 1. The minimum atomic E-state index is 0.0794. The Kier molecular flexibility index (Phi) is 6.06. The lowest BCUT2D eigenvalue weighted by Gasteiger charge is -2.22. The Labute approximate surface area is 148 Å². The first kappa shape index (κ1) is 19.0. The molecule has 130 valence electrons. The van der Waals surface area contributed by atoms with Crippen molar-refractivity contribution in [3.8, 4) is 5.75 Å². The van der Waals surface area contributed by atoms with Gasteiger partial charge in [0.25, 0.3) is 0 Å². The summed E-state index contributed by atoms with van der Waals surface area (Å²) >= 11 is 0. The molecule has 0 bridgehead atoms. The van der Waals surface area contributed by atoms with Crippen molar-refractivity contribution < 1.29 is 5.11 Å². The Morgan fingerprint density at radius 2 is 1.79 bits per heavy atom. The van der Waals surface area contributed by atoms with E-state index in [9.17, 15) is 5.11 Å². The van der Waals surface area contributed by atoms with Crippen LogP contribution in [0.4, 0.5) is 0 Å². The fourth-order valence-corrected chi connectivity index (χ4v) is 4.18. The van der Waals surface area contributed by atoms with E-state index in [1.165, 1.54) is 22.0 Å². The van der Waals surface area contributed by atoms with Gasteiger partial charge in [-0.05, 0) is 59.4 Å². The number of rotatable bonds is 5. The van der Waals surface area contributed by atoms with Gasteiger partial charge in [-0.1, -0.05) is 60.5 Å². The van der Waals surface area contributed by atoms with Crippen LogP contribution in [0.5, 0.6) is 5.75 Å². The highest BCUT2D eigenvalue weighted by molar-refractivity contribution is 7.56. The molecule has 1 unspecified atom stereocenters. The highest BCUT2D eigenvalue weighted by Crippen LogP contribution is 2.30. The second-order valence-electron chi connectivity index (χ2n) is 7.45. The SMILES string of the molecule is CCNCc1cccc(C)c1Pc1cc(C(C)(C)C)cc(C)c1O. The predicted molar refractivity (Wildman–Crippen MR) is 108 cm³/mol. The Bertz CT molecular complexity index is 717. The molecule has 2 aromatic carbocycles. The number of nitrogens with one attached hydrogen (secondary N) is 1. The maximum atomic E-state index is 10.6. The summed E-state index contributed by atoms with van der Waals surface area (Å²) in [5, 5.41) is 16.4. The van der Waals surface area contributed by atoms with Gasteiger partial charge in [0.05, 0.1) is 0 Å². The van der Waals surface area contributed by atoms with Crippen LogP contribution in [-0.4, -0.2) is 11.7 Å². The molecule has 0 aliphatic rings. The molecule has 0 heterocycles. The van der Waals surface area contributed by atoms with Crippen molar-refractivity contribution in [3.63, 3.8) is 0 Å². The average molecular weight is 343 g/mol. The van der Waals surface area contributed by atoms with E-state index in [0.717, 1.165) is 24.0 Å². The third-order valence-corrected chi connectivity index (χ3v) is 5.97. The van der Waals surface area contributed by atoms with Gasteiger partial charge in [-0.25, -0.2) is 0 Å². The molecule has 2 aromatic rings. The number of aryl methyl sites for hydroxylation is 2. The van der Waals surface area contributed by atoms with Gasteiger partial charge in [0.15, 0.2) is 0 Å². The normalized spacial score (nSPS) is 12.2. The topological polar surface area (TPSA) is 32.3 Å². The summed E-state index contributed by atoms with van der Waals surface area (Å²) in [6, 6.07) is 10.8. The molecule has 2 rings (SSSR count). The minimum absolute atomic E-state index is 0.0794. The van der Waals surface area contributed by atoms with E-state index in [1.807, 2.05) is 6.92 Å². The van der Waals surface area contributed by atoms with Crippen molar-refractivity contribution in [1.82, 2.24) is 5.32 Å². The molecule has 0 amide bonds. The van der Waals surface area contributed by atoms with Gasteiger partial charge < -0.3 is 10.4 Å². The van der Waals surface area contributed by atoms with Crippen molar-refractivity contribution in [2.45, 2.75) is 53.5 Å². The molecular formula is C21H30NOP. The molecule has 24 heavy (non-hydrogen) atoms. The number of benzene rings is 2. The summed E-state index contributed by atoms with van der Waals surface area (Å²) in [6.07, 6.45) is 0. The number of hydrogen-bond acceptors (Lipinski definition) is 2. The van der Waals surface area contributed by atoms with Gasteiger partial charge in [-0.15, -0.1) is 0 Å².